The Morgan fingerprint density at radius 3 is 2.62 bits per heavy atom. The van der Waals surface area contributed by atoms with Crippen molar-refractivity contribution in [3.8, 4) is 22.3 Å². The molecule has 2 aromatic carbocycles. The monoisotopic (exact) mass is 269 g/mol. The zero-order valence-electron chi connectivity index (χ0n) is 12.1. The first-order valence-corrected chi connectivity index (χ1v) is 7.53. The summed E-state index contributed by atoms with van der Waals surface area (Å²) >= 11 is 0. The number of hydrogen-bond acceptors (Lipinski definition) is 0. The van der Waals surface area contributed by atoms with Crippen molar-refractivity contribution in [3.05, 3.63) is 78.4 Å². The Hall–Kier alpha value is -2.47. The second-order valence-corrected chi connectivity index (χ2v) is 5.55. The molecule has 0 spiro atoms. The van der Waals surface area contributed by atoms with Crippen LogP contribution < -0.4 is 0 Å². The standard InChI is InChI=1S/C21H17/c1-2-15-13-17-9-6-12-20(21(17)14-15)19-11-5-8-16-7-3-4-10-18(16)19/h3-14H,2H2,1H3/q-1. The number of benzene rings is 3. The van der Waals surface area contributed by atoms with Crippen LogP contribution in [0.25, 0.3) is 33.0 Å². The van der Waals surface area contributed by atoms with Gasteiger partial charge in [-0.3, -0.25) is 0 Å². The highest BCUT2D eigenvalue weighted by Gasteiger charge is 2.06. The summed E-state index contributed by atoms with van der Waals surface area (Å²) in [4.78, 5) is 0. The van der Waals surface area contributed by atoms with Gasteiger partial charge in [-0.2, -0.15) is 0 Å². The molecule has 21 heavy (non-hydrogen) atoms. The van der Waals surface area contributed by atoms with Gasteiger partial charge >= 0.3 is 0 Å². The maximum absolute atomic E-state index is 2.34. The summed E-state index contributed by atoms with van der Waals surface area (Å²) in [6.07, 6.45) is 1.09. The van der Waals surface area contributed by atoms with E-state index in [2.05, 4.69) is 79.7 Å². The fraction of sp³-hybridized carbons (Fsp3) is 0.0952. The van der Waals surface area contributed by atoms with Crippen LogP contribution in [0.3, 0.4) is 0 Å². The van der Waals surface area contributed by atoms with Gasteiger partial charge in [0.15, 0.2) is 0 Å². The highest BCUT2D eigenvalue weighted by Crippen LogP contribution is 2.38. The van der Waals surface area contributed by atoms with E-state index >= 15 is 0 Å². The van der Waals surface area contributed by atoms with Crippen molar-refractivity contribution in [1.82, 2.24) is 0 Å². The summed E-state index contributed by atoms with van der Waals surface area (Å²) in [5, 5.41) is 2.63. The van der Waals surface area contributed by atoms with Crippen LogP contribution in [0.5, 0.6) is 0 Å². The van der Waals surface area contributed by atoms with Gasteiger partial charge in [-0.25, -0.2) is 0 Å². The van der Waals surface area contributed by atoms with Crippen LogP contribution in [0.4, 0.5) is 0 Å². The Kier molecular flexibility index (Phi) is 2.82. The fourth-order valence-corrected chi connectivity index (χ4v) is 3.20. The summed E-state index contributed by atoms with van der Waals surface area (Å²) in [7, 11) is 0. The molecule has 0 heteroatoms. The first-order valence-electron chi connectivity index (χ1n) is 7.53. The summed E-state index contributed by atoms with van der Waals surface area (Å²) in [6.45, 7) is 2.21. The van der Waals surface area contributed by atoms with E-state index in [1.165, 1.54) is 38.6 Å². The Morgan fingerprint density at radius 1 is 0.857 bits per heavy atom. The van der Waals surface area contributed by atoms with Gasteiger partial charge in [0.1, 0.15) is 0 Å². The van der Waals surface area contributed by atoms with Crippen molar-refractivity contribution in [3.63, 3.8) is 0 Å². The summed E-state index contributed by atoms with van der Waals surface area (Å²) in [5.74, 6) is 0. The summed E-state index contributed by atoms with van der Waals surface area (Å²) in [5.41, 5.74) is 6.79. The van der Waals surface area contributed by atoms with Crippen LogP contribution in [0, 0.1) is 0 Å². The Labute approximate surface area is 125 Å². The number of aryl methyl sites for hydroxylation is 1. The molecule has 0 aliphatic heterocycles. The van der Waals surface area contributed by atoms with Crippen LogP contribution in [0.1, 0.15) is 12.5 Å². The molecule has 2 aliphatic rings. The van der Waals surface area contributed by atoms with Crippen molar-refractivity contribution in [2.45, 2.75) is 13.3 Å². The lowest BCUT2D eigenvalue weighted by Crippen LogP contribution is -1.84. The lowest BCUT2D eigenvalue weighted by molar-refractivity contribution is 1.15. The van der Waals surface area contributed by atoms with Gasteiger partial charge in [0.2, 0.25) is 0 Å². The smallest absolute Gasteiger partial charge is 0.0271 e. The first-order chi connectivity index (χ1) is 10.4. The average molecular weight is 269 g/mol. The van der Waals surface area contributed by atoms with Gasteiger partial charge < -0.3 is 0 Å². The van der Waals surface area contributed by atoms with Crippen LogP contribution in [0.15, 0.2) is 72.8 Å². The van der Waals surface area contributed by atoms with Gasteiger partial charge in [0, 0.05) is 0 Å². The third kappa shape index (κ3) is 1.95. The molecule has 102 valence electrons. The van der Waals surface area contributed by atoms with Crippen molar-refractivity contribution in [1.29, 1.82) is 0 Å². The average Bonchev–Trinajstić information content (AvgIpc) is 2.97. The molecule has 0 aromatic heterocycles. The summed E-state index contributed by atoms with van der Waals surface area (Å²) < 4.78 is 0. The normalized spacial score (nSPS) is 11.3. The minimum Gasteiger partial charge on any atom is -0.145 e. The van der Waals surface area contributed by atoms with Crippen molar-refractivity contribution < 1.29 is 0 Å². The molecule has 0 bridgehead atoms. The predicted molar refractivity (Wildman–Crippen MR) is 91.0 cm³/mol. The minimum atomic E-state index is 1.09. The highest BCUT2D eigenvalue weighted by molar-refractivity contribution is 6.01. The van der Waals surface area contributed by atoms with E-state index in [1.807, 2.05) is 0 Å². The van der Waals surface area contributed by atoms with Crippen LogP contribution >= 0.6 is 0 Å². The molecule has 0 radical (unpaired) electrons. The maximum atomic E-state index is 2.34. The molecule has 0 atom stereocenters. The molecule has 0 heterocycles. The SMILES string of the molecule is CCc1cc2cc[cH-]c(-c3cccc4ccccc34)c-2c1. The molecule has 0 saturated heterocycles. The molecule has 0 saturated carbocycles. The second kappa shape index (κ2) is 4.82. The van der Waals surface area contributed by atoms with E-state index in [1.54, 1.807) is 0 Å². The fourth-order valence-electron chi connectivity index (χ4n) is 3.20. The molecule has 4 rings (SSSR count). The third-order valence-electron chi connectivity index (χ3n) is 4.30. The van der Waals surface area contributed by atoms with E-state index in [0.29, 0.717) is 0 Å². The van der Waals surface area contributed by atoms with Gasteiger partial charge in [-0.05, 0) is 11.8 Å². The number of rotatable bonds is 2. The Morgan fingerprint density at radius 2 is 1.71 bits per heavy atom. The van der Waals surface area contributed by atoms with Crippen LogP contribution in [-0.2, 0) is 6.42 Å². The van der Waals surface area contributed by atoms with Crippen molar-refractivity contribution >= 4 is 10.8 Å². The van der Waals surface area contributed by atoms with Crippen LogP contribution in [0.2, 0.25) is 0 Å². The quantitative estimate of drug-likeness (QED) is 0.398. The number of fused-ring (bicyclic) bond motifs is 2. The lowest BCUT2D eigenvalue weighted by atomic mass is 9.93. The molecule has 0 amide bonds. The largest absolute Gasteiger partial charge is 0.145 e. The molecule has 2 aliphatic carbocycles. The molecular weight excluding hydrogens is 252 g/mol. The van der Waals surface area contributed by atoms with E-state index in [9.17, 15) is 0 Å². The number of hydrogen-bond donors (Lipinski definition) is 0. The van der Waals surface area contributed by atoms with Crippen LogP contribution in [-0.4, -0.2) is 0 Å². The summed E-state index contributed by atoms with van der Waals surface area (Å²) in [6, 6.07) is 26.5. The third-order valence-corrected chi connectivity index (χ3v) is 4.30. The van der Waals surface area contributed by atoms with Gasteiger partial charge in [-0.15, -0.1) is 34.9 Å². The molecule has 0 nitrogen and oxygen atoms in total. The van der Waals surface area contributed by atoms with Crippen molar-refractivity contribution in [2.75, 3.05) is 0 Å². The molecular formula is C21H17-. The van der Waals surface area contributed by atoms with Gasteiger partial charge in [0.25, 0.3) is 0 Å². The molecule has 0 unspecified atom stereocenters. The predicted octanol–water partition coefficient (Wildman–Crippen LogP) is 5.89. The first kappa shape index (κ1) is 12.3. The zero-order valence-corrected chi connectivity index (χ0v) is 12.1. The molecule has 0 fully saturated rings. The maximum Gasteiger partial charge on any atom is -0.0271 e. The van der Waals surface area contributed by atoms with E-state index < -0.39 is 0 Å². The van der Waals surface area contributed by atoms with E-state index in [4.69, 9.17) is 0 Å². The highest BCUT2D eigenvalue weighted by atomic mass is 14.2. The molecule has 2 aromatic rings. The zero-order chi connectivity index (χ0) is 14.2. The Bertz CT molecular complexity index is 874. The second-order valence-electron chi connectivity index (χ2n) is 5.55. The minimum absolute atomic E-state index is 1.09. The molecule has 0 N–H and O–H groups in total. The topological polar surface area (TPSA) is 0 Å². The van der Waals surface area contributed by atoms with E-state index in [0.717, 1.165) is 6.42 Å². The Balaban J connectivity index is 2.03. The van der Waals surface area contributed by atoms with Gasteiger partial charge in [-0.1, -0.05) is 78.0 Å². The lowest BCUT2D eigenvalue weighted by Gasteiger charge is -2.18. The van der Waals surface area contributed by atoms with E-state index in [-0.39, 0.29) is 0 Å². The van der Waals surface area contributed by atoms with Crippen molar-refractivity contribution in [2.24, 2.45) is 0 Å². The van der Waals surface area contributed by atoms with Gasteiger partial charge in [0.05, 0.1) is 0 Å².